The Balaban J connectivity index is 3.22. The van der Waals surface area contributed by atoms with E-state index in [0.717, 1.165) is 6.07 Å². The highest BCUT2D eigenvalue weighted by molar-refractivity contribution is 6.59. The molecule has 0 saturated carbocycles. The van der Waals surface area contributed by atoms with Crippen LogP contribution in [-0.2, 0) is 10.9 Å². The van der Waals surface area contributed by atoms with Crippen LogP contribution >= 0.6 is 0 Å². The number of hydrogen-bond donors (Lipinski definition) is 3. The molecule has 0 aromatic carbocycles. The Labute approximate surface area is 151 Å². The summed E-state index contributed by atoms with van der Waals surface area (Å²) in [5, 5.41) is 20.7. The van der Waals surface area contributed by atoms with Crippen molar-refractivity contribution in [1.29, 1.82) is 0 Å². The normalized spacial score (nSPS) is 13.2. The molecule has 0 spiro atoms. The number of halogens is 3. The molecule has 0 aliphatic rings. The molecule has 0 saturated heterocycles. The summed E-state index contributed by atoms with van der Waals surface area (Å²) in [7, 11) is 4.21. The molecule has 1 heterocycles. The average molecular weight is 374 g/mol. The van der Waals surface area contributed by atoms with Crippen molar-refractivity contribution in [3.8, 4) is 5.88 Å². The number of ether oxygens (including phenoxy) is 2. The summed E-state index contributed by atoms with van der Waals surface area (Å²) < 4.78 is 48.9. The van der Waals surface area contributed by atoms with Gasteiger partial charge in [0, 0.05) is 6.07 Å². The molecule has 1 rings (SSSR count). The van der Waals surface area contributed by atoms with Gasteiger partial charge < -0.3 is 19.7 Å². The number of aliphatic hydroxyl groups is 2. The highest BCUT2D eigenvalue weighted by Crippen LogP contribution is 2.34. The first-order valence-corrected chi connectivity index (χ1v) is 7.64. The van der Waals surface area contributed by atoms with Crippen molar-refractivity contribution in [1.82, 2.24) is 4.98 Å². The Bertz CT molecular complexity index is 672. The zero-order valence-corrected chi connectivity index (χ0v) is 15.4. The maximum Gasteiger partial charge on any atom is 0.433 e. The smallest absolute Gasteiger partial charge is 0.433 e. The van der Waals surface area contributed by atoms with Gasteiger partial charge in [-0.2, -0.15) is 13.2 Å². The molecular formula is C13H20B3F3N2O5. The molecule has 0 atom stereocenters. The Morgan fingerprint density at radius 2 is 1.69 bits per heavy atom. The molecule has 0 radical (unpaired) electrons. The first-order valence-electron chi connectivity index (χ1n) is 7.64. The van der Waals surface area contributed by atoms with E-state index in [2.05, 4.69) is 10.3 Å². The minimum absolute atomic E-state index is 0.332. The molecule has 142 valence electrons. The molecule has 26 heavy (non-hydrogen) atoms. The molecule has 7 nitrogen and oxygen atoms in total. The van der Waals surface area contributed by atoms with Crippen LogP contribution in [0, 0.1) is 0 Å². The third-order valence-corrected chi connectivity index (χ3v) is 2.96. The summed E-state index contributed by atoms with van der Waals surface area (Å²) in [5.74, 6) is -3.53. The molecule has 1 aromatic rings. The van der Waals surface area contributed by atoms with Crippen molar-refractivity contribution >= 4 is 35.3 Å². The van der Waals surface area contributed by atoms with Gasteiger partial charge in [0.1, 0.15) is 29.1 Å². The predicted octanol–water partition coefficient (Wildman–Crippen LogP) is -0.562. The number of carbonyl (C=O) groups is 1. The van der Waals surface area contributed by atoms with Crippen LogP contribution in [0.3, 0.4) is 0 Å². The average Bonchev–Trinajstić information content (AvgIpc) is 2.32. The lowest BCUT2D eigenvalue weighted by Crippen LogP contribution is -2.49. The maximum atomic E-state index is 13.0. The molecule has 1 aromatic heterocycles. The molecule has 0 aliphatic carbocycles. The summed E-state index contributed by atoms with van der Waals surface area (Å²) in [5.41, 5.74) is -2.58. The first-order chi connectivity index (χ1) is 11.4. The van der Waals surface area contributed by atoms with E-state index in [1.807, 2.05) is 0 Å². The number of hydrogen-bond acceptors (Lipinski definition) is 6. The fraction of sp³-hybridized carbons (Fsp3) is 0.538. The minimum Gasteiger partial charge on any atom is -0.444 e. The van der Waals surface area contributed by atoms with E-state index < -0.39 is 40.5 Å². The van der Waals surface area contributed by atoms with Crippen molar-refractivity contribution in [2.75, 3.05) is 5.32 Å². The van der Waals surface area contributed by atoms with Crippen LogP contribution in [0.2, 0.25) is 5.11 Å². The lowest BCUT2D eigenvalue weighted by atomic mass is 9.41. The number of carbonyl (C=O) groups excluding carboxylic acids is 1. The van der Waals surface area contributed by atoms with E-state index in [9.17, 15) is 28.2 Å². The predicted molar refractivity (Wildman–Crippen MR) is 95.2 cm³/mol. The molecule has 0 aliphatic heterocycles. The molecule has 0 fully saturated rings. The zero-order valence-electron chi connectivity index (χ0n) is 15.4. The van der Waals surface area contributed by atoms with E-state index in [4.69, 9.17) is 9.47 Å². The summed E-state index contributed by atoms with van der Waals surface area (Å²) in [6.07, 6.45) is -5.84. The lowest BCUT2D eigenvalue weighted by molar-refractivity contribution is -0.292. The summed E-state index contributed by atoms with van der Waals surface area (Å²) in [6.45, 7) is 4.76. The van der Waals surface area contributed by atoms with Gasteiger partial charge in [0.2, 0.25) is 5.88 Å². The van der Waals surface area contributed by atoms with Gasteiger partial charge in [0.15, 0.2) is 5.69 Å². The van der Waals surface area contributed by atoms with Gasteiger partial charge in [-0.05, 0) is 32.0 Å². The Kier molecular flexibility index (Phi) is 5.99. The van der Waals surface area contributed by atoms with Gasteiger partial charge in [-0.3, -0.25) is 5.32 Å². The quantitative estimate of drug-likeness (QED) is 0.483. The minimum atomic E-state index is -4.85. The fourth-order valence-corrected chi connectivity index (χ4v) is 1.50. The van der Waals surface area contributed by atoms with Crippen LogP contribution in [0.5, 0.6) is 5.88 Å². The standard InChI is InChI=1S/C13H20B3F3N2O5/c1-10(2,3)26-9(22)20-6-4-7(11(17,18)19)21-8(5-6)25-13(23,24)12(14,15)16/h4-5,23-24H,14-16H2,1-3H3,(H,20,21,22). The highest BCUT2D eigenvalue weighted by Gasteiger charge is 2.42. The maximum absolute atomic E-state index is 13.0. The van der Waals surface area contributed by atoms with Crippen molar-refractivity contribution < 1.29 is 37.7 Å². The monoisotopic (exact) mass is 374 g/mol. The SMILES string of the molecule is BC(B)(B)C(O)(O)Oc1cc(NC(=O)OC(C)(C)C)cc(C(F)(F)F)n1. The number of anilines is 1. The fourth-order valence-electron chi connectivity index (χ4n) is 1.50. The number of alkyl halides is 3. The van der Waals surface area contributed by atoms with E-state index in [0.29, 0.717) is 6.07 Å². The number of pyridine rings is 1. The van der Waals surface area contributed by atoms with Crippen LogP contribution in [0.15, 0.2) is 12.1 Å². The second-order valence-corrected chi connectivity index (χ2v) is 7.66. The number of nitrogens with zero attached hydrogens (tertiary/aromatic N) is 1. The van der Waals surface area contributed by atoms with Gasteiger partial charge in [-0.25, -0.2) is 9.78 Å². The van der Waals surface area contributed by atoms with Crippen LogP contribution in [-0.4, -0.2) is 56.4 Å². The summed E-state index contributed by atoms with van der Waals surface area (Å²) >= 11 is 0. The zero-order chi connectivity index (χ0) is 20.6. The van der Waals surface area contributed by atoms with E-state index in [1.54, 1.807) is 20.8 Å². The van der Waals surface area contributed by atoms with E-state index in [1.165, 1.54) is 23.5 Å². The number of nitrogens with one attached hydrogen (secondary N) is 1. The summed E-state index contributed by atoms with van der Waals surface area (Å²) in [4.78, 5) is 15.0. The number of rotatable bonds is 4. The Hall–Kier alpha value is -1.88. The Morgan fingerprint density at radius 1 is 1.15 bits per heavy atom. The van der Waals surface area contributed by atoms with Crippen molar-refractivity contribution in [2.45, 2.75) is 43.6 Å². The van der Waals surface area contributed by atoms with E-state index >= 15 is 0 Å². The van der Waals surface area contributed by atoms with Crippen molar-refractivity contribution in [3.63, 3.8) is 0 Å². The van der Waals surface area contributed by atoms with Crippen LogP contribution in [0.25, 0.3) is 0 Å². The number of aromatic nitrogens is 1. The van der Waals surface area contributed by atoms with E-state index in [-0.39, 0.29) is 5.69 Å². The topological polar surface area (TPSA) is 101 Å². The lowest BCUT2D eigenvalue weighted by Gasteiger charge is -2.34. The molecule has 1 amide bonds. The largest absolute Gasteiger partial charge is 0.444 e. The van der Waals surface area contributed by atoms with Gasteiger partial charge >= 0.3 is 18.2 Å². The van der Waals surface area contributed by atoms with Gasteiger partial charge in [-0.1, -0.05) is 0 Å². The highest BCUT2D eigenvalue weighted by atomic mass is 19.4. The third kappa shape index (κ3) is 6.45. The second kappa shape index (κ2) is 7.03. The Morgan fingerprint density at radius 3 is 2.12 bits per heavy atom. The van der Waals surface area contributed by atoms with Crippen LogP contribution in [0.4, 0.5) is 23.7 Å². The van der Waals surface area contributed by atoms with Crippen LogP contribution in [0.1, 0.15) is 26.5 Å². The van der Waals surface area contributed by atoms with Crippen molar-refractivity contribution in [3.05, 3.63) is 17.8 Å². The summed E-state index contributed by atoms with van der Waals surface area (Å²) in [6, 6.07) is 1.50. The molecule has 3 N–H and O–H groups in total. The van der Waals surface area contributed by atoms with Crippen molar-refractivity contribution in [2.24, 2.45) is 0 Å². The second-order valence-electron chi connectivity index (χ2n) is 7.66. The van der Waals surface area contributed by atoms with Gasteiger partial charge in [0.25, 0.3) is 0 Å². The number of amides is 1. The molecule has 0 unspecified atom stereocenters. The molecule has 0 bridgehead atoms. The van der Waals surface area contributed by atoms with Gasteiger partial charge in [0.05, 0.1) is 5.69 Å². The molecular weight excluding hydrogens is 354 g/mol. The third-order valence-electron chi connectivity index (χ3n) is 2.96. The first kappa shape index (κ1) is 22.2. The van der Waals surface area contributed by atoms with Crippen LogP contribution < -0.4 is 10.1 Å². The molecule has 13 heteroatoms. The van der Waals surface area contributed by atoms with Gasteiger partial charge in [-0.15, -0.1) is 0 Å².